The molecule has 80 valence electrons. The molecule has 0 aromatic carbocycles. The van der Waals surface area contributed by atoms with Crippen molar-refractivity contribution in [3.05, 3.63) is 27.2 Å². The minimum Gasteiger partial charge on any atom is -0.392 e. The predicted molar refractivity (Wildman–Crippen MR) is 52.7 cm³/mol. The van der Waals surface area contributed by atoms with E-state index >= 15 is 0 Å². The molecule has 2 rings (SSSR count). The van der Waals surface area contributed by atoms with Gasteiger partial charge in [-0.25, -0.2) is 9.78 Å². The molecule has 1 unspecified atom stereocenters. The quantitative estimate of drug-likeness (QED) is 0.578. The van der Waals surface area contributed by atoms with Crippen molar-refractivity contribution in [2.45, 2.75) is 19.6 Å². The third-order valence-electron chi connectivity index (χ3n) is 2.02. The smallest absolute Gasteiger partial charge is 0.330 e. The fraction of sp³-hybridized carbons (Fsp3) is 0.375. The molecular formula is C8H10N4O3. The SMILES string of the molecule is CC(O)Cn1c(=O)[nH]c2nc[nH]c2c1=O. The second kappa shape index (κ2) is 3.35. The highest BCUT2D eigenvalue weighted by atomic mass is 16.3. The highest BCUT2D eigenvalue weighted by Gasteiger charge is 2.10. The van der Waals surface area contributed by atoms with Crippen LogP contribution in [0.3, 0.4) is 0 Å². The lowest BCUT2D eigenvalue weighted by atomic mass is 10.4. The van der Waals surface area contributed by atoms with Gasteiger partial charge < -0.3 is 10.1 Å². The Morgan fingerprint density at radius 1 is 1.60 bits per heavy atom. The van der Waals surface area contributed by atoms with Gasteiger partial charge in [-0.1, -0.05) is 0 Å². The summed E-state index contributed by atoms with van der Waals surface area (Å²) in [4.78, 5) is 32.0. The summed E-state index contributed by atoms with van der Waals surface area (Å²) in [6, 6.07) is 0. The number of fused-ring (bicyclic) bond motifs is 1. The van der Waals surface area contributed by atoms with Gasteiger partial charge in [0.15, 0.2) is 5.65 Å². The van der Waals surface area contributed by atoms with Crippen molar-refractivity contribution in [1.82, 2.24) is 19.5 Å². The number of aromatic amines is 2. The van der Waals surface area contributed by atoms with Crippen molar-refractivity contribution in [3.63, 3.8) is 0 Å². The van der Waals surface area contributed by atoms with Gasteiger partial charge in [0.2, 0.25) is 0 Å². The Bertz CT molecular complexity index is 592. The molecule has 0 fully saturated rings. The van der Waals surface area contributed by atoms with Crippen LogP contribution in [0.4, 0.5) is 0 Å². The Morgan fingerprint density at radius 2 is 2.33 bits per heavy atom. The fourth-order valence-electron chi connectivity index (χ4n) is 1.38. The summed E-state index contributed by atoms with van der Waals surface area (Å²) >= 11 is 0. The average Bonchev–Trinajstić information content (AvgIpc) is 2.59. The Hall–Kier alpha value is -1.89. The van der Waals surface area contributed by atoms with Crippen LogP contribution in [-0.4, -0.2) is 30.7 Å². The standard InChI is InChI=1S/C8H10N4O3/c1-4(13)2-12-7(14)5-6(10-3-9-5)11-8(12)15/h3-4,13H,2H2,1H3,(H,9,10)(H,11,15). The topological polar surface area (TPSA) is 104 Å². The third kappa shape index (κ3) is 1.57. The highest BCUT2D eigenvalue weighted by molar-refractivity contribution is 5.67. The number of rotatable bonds is 2. The van der Waals surface area contributed by atoms with Crippen LogP contribution in [0.5, 0.6) is 0 Å². The molecule has 2 aromatic heterocycles. The summed E-state index contributed by atoms with van der Waals surface area (Å²) in [5, 5.41) is 9.14. The summed E-state index contributed by atoms with van der Waals surface area (Å²) in [5.74, 6) is 0. The van der Waals surface area contributed by atoms with Gasteiger partial charge >= 0.3 is 5.69 Å². The van der Waals surface area contributed by atoms with Crippen LogP contribution in [0.2, 0.25) is 0 Å². The Kier molecular flexibility index (Phi) is 2.16. The van der Waals surface area contributed by atoms with E-state index in [1.54, 1.807) is 0 Å². The van der Waals surface area contributed by atoms with Crippen LogP contribution in [0, 0.1) is 0 Å². The van der Waals surface area contributed by atoms with E-state index in [0.29, 0.717) is 0 Å². The maximum atomic E-state index is 11.7. The molecule has 0 aliphatic heterocycles. The monoisotopic (exact) mass is 210 g/mol. The predicted octanol–water partition coefficient (Wildman–Crippen LogP) is -1.21. The summed E-state index contributed by atoms with van der Waals surface area (Å²) in [6.45, 7) is 1.46. The molecule has 0 saturated carbocycles. The molecule has 0 aliphatic rings. The van der Waals surface area contributed by atoms with Gasteiger partial charge in [-0.05, 0) is 6.92 Å². The second-order valence-corrected chi connectivity index (χ2v) is 3.32. The normalized spacial score (nSPS) is 13.2. The van der Waals surface area contributed by atoms with E-state index < -0.39 is 17.4 Å². The van der Waals surface area contributed by atoms with E-state index in [4.69, 9.17) is 5.11 Å². The number of hydrogen-bond acceptors (Lipinski definition) is 4. The fourth-order valence-corrected chi connectivity index (χ4v) is 1.38. The van der Waals surface area contributed by atoms with E-state index in [-0.39, 0.29) is 17.7 Å². The van der Waals surface area contributed by atoms with Crippen LogP contribution in [0.15, 0.2) is 15.9 Å². The van der Waals surface area contributed by atoms with Crippen molar-refractivity contribution < 1.29 is 5.11 Å². The molecule has 3 N–H and O–H groups in total. The molecule has 0 aliphatic carbocycles. The Labute approximate surface area is 83.4 Å². The zero-order valence-electron chi connectivity index (χ0n) is 8.02. The van der Waals surface area contributed by atoms with Crippen LogP contribution < -0.4 is 11.2 Å². The number of aliphatic hydroxyl groups excluding tert-OH is 1. The molecule has 15 heavy (non-hydrogen) atoms. The van der Waals surface area contributed by atoms with Gasteiger partial charge in [0.25, 0.3) is 5.56 Å². The van der Waals surface area contributed by atoms with Gasteiger partial charge in [-0.3, -0.25) is 14.3 Å². The third-order valence-corrected chi connectivity index (χ3v) is 2.02. The summed E-state index contributed by atoms with van der Waals surface area (Å²) in [6.07, 6.45) is 0.568. The van der Waals surface area contributed by atoms with Crippen LogP contribution in [0.25, 0.3) is 11.2 Å². The van der Waals surface area contributed by atoms with Gasteiger partial charge in [0, 0.05) is 0 Å². The number of imidazole rings is 1. The molecule has 0 amide bonds. The van der Waals surface area contributed by atoms with Crippen LogP contribution in [0.1, 0.15) is 6.92 Å². The molecular weight excluding hydrogens is 200 g/mol. The van der Waals surface area contributed by atoms with Gasteiger partial charge in [-0.2, -0.15) is 0 Å². The molecule has 2 aromatic rings. The highest BCUT2D eigenvalue weighted by Crippen LogP contribution is 1.95. The molecule has 2 heterocycles. The van der Waals surface area contributed by atoms with Crippen LogP contribution in [-0.2, 0) is 6.54 Å². The number of hydrogen-bond donors (Lipinski definition) is 3. The van der Waals surface area contributed by atoms with Gasteiger partial charge in [0.05, 0.1) is 19.0 Å². The van der Waals surface area contributed by atoms with Crippen LogP contribution >= 0.6 is 0 Å². The zero-order valence-corrected chi connectivity index (χ0v) is 8.02. The second-order valence-electron chi connectivity index (χ2n) is 3.32. The van der Waals surface area contributed by atoms with E-state index in [0.717, 1.165) is 4.57 Å². The minimum absolute atomic E-state index is 0.0386. The van der Waals surface area contributed by atoms with E-state index in [1.807, 2.05) is 0 Å². The largest absolute Gasteiger partial charge is 0.392 e. The molecule has 7 nitrogen and oxygen atoms in total. The lowest BCUT2D eigenvalue weighted by molar-refractivity contribution is 0.170. The van der Waals surface area contributed by atoms with Crippen molar-refractivity contribution in [1.29, 1.82) is 0 Å². The van der Waals surface area contributed by atoms with Gasteiger partial charge in [0.1, 0.15) is 5.52 Å². The first-order valence-corrected chi connectivity index (χ1v) is 4.44. The number of nitrogens with one attached hydrogen (secondary N) is 2. The molecule has 0 bridgehead atoms. The Balaban J connectivity index is 2.73. The first-order chi connectivity index (χ1) is 7.09. The molecule has 7 heteroatoms. The van der Waals surface area contributed by atoms with E-state index in [9.17, 15) is 9.59 Å². The maximum Gasteiger partial charge on any atom is 0.330 e. The number of nitrogens with zero attached hydrogens (tertiary/aromatic N) is 2. The average molecular weight is 210 g/mol. The summed E-state index contributed by atoms with van der Waals surface area (Å²) < 4.78 is 0.936. The number of aromatic nitrogens is 4. The number of aliphatic hydroxyl groups is 1. The van der Waals surface area contributed by atoms with E-state index in [1.165, 1.54) is 13.3 Å². The lowest BCUT2D eigenvalue weighted by Gasteiger charge is -2.05. The number of H-pyrrole nitrogens is 2. The van der Waals surface area contributed by atoms with Gasteiger partial charge in [-0.15, -0.1) is 0 Å². The zero-order chi connectivity index (χ0) is 11.0. The maximum absolute atomic E-state index is 11.7. The Morgan fingerprint density at radius 3 is 3.00 bits per heavy atom. The summed E-state index contributed by atoms with van der Waals surface area (Å²) in [7, 11) is 0. The van der Waals surface area contributed by atoms with Crippen molar-refractivity contribution >= 4 is 11.2 Å². The molecule has 0 radical (unpaired) electrons. The van der Waals surface area contributed by atoms with Crippen molar-refractivity contribution in [2.24, 2.45) is 0 Å². The molecule has 1 atom stereocenters. The first-order valence-electron chi connectivity index (χ1n) is 4.44. The van der Waals surface area contributed by atoms with E-state index in [2.05, 4.69) is 15.0 Å². The summed E-state index contributed by atoms with van der Waals surface area (Å²) in [5.41, 5.74) is -0.588. The minimum atomic E-state index is -0.760. The lowest BCUT2D eigenvalue weighted by Crippen LogP contribution is -2.37. The molecule has 0 saturated heterocycles. The van der Waals surface area contributed by atoms with Crippen molar-refractivity contribution in [3.8, 4) is 0 Å². The molecule has 0 spiro atoms. The van der Waals surface area contributed by atoms with Crippen molar-refractivity contribution in [2.75, 3.05) is 0 Å². The first kappa shape index (κ1) is 9.66.